The van der Waals surface area contributed by atoms with Gasteiger partial charge in [0.25, 0.3) is 5.91 Å². The first kappa shape index (κ1) is 25.9. The number of imide groups is 1. The lowest BCUT2D eigenvalue weighted by Gasteiger charge is -2.46. The van der Waals surface area contributed by atoms with Gasteiger partial charge in [0.05, 0.1) is 5.92 Å². The molecule has 1 aromatic carbocycles. The van der Waals surface area contributed by atoms with Gasteiger partial charge >= 0.3 is 0 Å². The van der Waals surface area contributed by atoms with Gasteiger partial charge in [-0.25, -0.2) is 18.7 Å². The number of likely N-dealkylation sites (tertiary alicyclic amines) is 1. The molecule has 3 atom stereocenters. The monoisotopic (exact) mass is 510 g/mol. The highest BCUT2D eigenvalue weighted by Gasteiger charge is 2.55. The average Bonchev–Trinajstić information content (AvgIpc) is 3.30. The van der Waals surface area contributed by atoms with Crippen molar-refractivity contribution in [1.82, 2.24) is 19.4 Å². The summed E-state index contributed by atoms with van der Waals surface area (Å²) in [7, 11) is 3.24. The molecule has 0 saturated carbocycles. The highest BCUT2D eigenvalue weighted by atomic mass is 19.1. The number of pyridine rings is 1. The summed E-state index contributed by atoms with van der Waals surface area (Å²) in [4.78, 5) is 50.6. The van der Waals surface area contributed by atoms with Crippen LogP contribution in [0.25, 0.3) is 0 Å². The van der Waals surface area contributed by atoms with Gasteiger partial charge in [-0.05, 0) is 60.2 Å². The summed E-state index contributed by atoms with van der Waals surface area (Å²) in [5.41, 5.74) is 6.53. The van der Waals surface area contributed by atoms with Crippen LogP contribution in [0.15, 0.2) is 48.9 Å². The second-order valence-corrected chi connectivity index (χ2v) is 9.16. The number of carbonyl (C=O) groups excluding carboxylic acids is 3. The van der Waals surface area contributed by atoms with Crippen LogP contribution in [0.1, 0.15) is 36.8 Å². The first-order valence-electron chi connectivity index (χ1n) is 11.9. The topological polar surface area (TPSA) is 114 Å². The zero-order chi connectivity index (χ0) is 26.9. The van der Waals surface area contributed by atoms with Crippen molar-refractivity contribution >= 4 is 29.5 Å². The number of anilines is 2. The molecule has 2 aromatic heterocycles. The molecule has 37 heavy (non-hydrogen) atoms. The third-order valence-electron chi connectivity index (χ3n) is 6.77. The lowest BCUT2D eigenvalue weighted by atomic mass is 9.80. The first-order valence-corrected chi connectivity index (χ1v) is 11.9. The number of benzene rings is 1. The zero-order valence-corrected chi connectivity index (χ0v) is 20.8. The molecule has 1 aliphatic heterocycles. The predicted octanol–water partition coefficient (Wildman–Crippen LogP) is 2.82. The lowest BCUT2D eigenvalue weighted by molar-refractivity contribution is -0.170. The standard InChI is InChI=1S/C26H28F2N6O3/c1-4-16(18-14-17(27)5-6-20(18)28)13-22(35)34-23(25(37)33(3)26-31-9-10-32(26)2)19(24(34)36)11-15-7-8-30-21(29)12-15/h5-10,12,14,16,19,23H,4,11,13H2,1-3H3,(H2,29,30)/t16-,19-,23+/m1/s1. The fourth-order valence-corrected chi connectivity index (χ4v) is 4.77. The molecule has 4 rings (SSSR count). The Morgan fingerprint density at radius 3 is 2.57 bits per heavy atom. The van der Waals surface area contributed by atoms with Gasteiger partial charge in [-0.15, -0.1) is 0 Å². The van der Waals surface area contributed by atoms with Crippen LogP contribution in [0.3, 0.4) is 0 Å². The third-order valence-corrected chi connectivity index (χ3v) is 6.77. The van der Waals surface area contributed by atoms with E-state index < -0.39 is 47.2 Å². The number of likely N-dealkylation sites (N-methyl/N-ethyl adjacent to an activating group) is 1. The summed E-state index contributed by atoms with van der Waals surface area (Å²) >= 11 is 0. The van der Waals surface area contributed by atoms with E-state index in [1.54, 1.807) is 36.9 Å². The number of aromatic nitrogens is 3. The van der Waals surface area contributed by atoms with Crippen LogP contribution in [0, 0.1) is 17.6 Å². The Morgan fingerprint density at radius 1 is 1.16 bits per heavy atom. The van der Waals surface area contributed by atoms with Crippen LogP contribution in [-0.4, -0.2) is 50.2 Å². The summed E-state index contributed by atoms with van der Waals surface area (Å²) in [6, 6.07) is 5.29. The fraction of sp³-hybridized carbons (Fsp3) is 0.346. The predicted molar refractivity (Wildman–Crippen MR) is 132 cm³/mol. The van der Waals surface area contributed by atoms with Crippen molar-refractivity contribution < 1.29 is 23.2 Å². The largest absolute Gasteiger partial charge is 0.384 e. The Morgan fingerprint density at radius 2 is 1.92 bits per heavy atom. The lowest BCUT2D eigenvalue weighted by Crippen LogP contribution is -2.69. The molecule has 194 valence electrons. The Labute approximate surface area is 212 Å². The minimum absolute atomic E-state index is 0.0561. The normalized spacial score (nSPS) is 17.9. The molecule has 3 amide bonds. The van der Waals surface area contributed by atoms with E-state index in [1.807, 2.05) is 0 Å². The van der Waals surface area contributed by atoms with Crippen molar-refractivity contribution in [3.05, 3.63) is 71.7 Å². The number of β-lactam (4-membered cyclic amide) rings is 1. The molecule has 2 N–H and O–H groups in total. The third kappa shape index (κ3) is 5.07. The van der Waals surface area contributed by atoms with E-state index in [-0.39, 0.29) is 24.2 Å². The molecule has 1 aliphatic rings. The molecule has 3 aromatic rings. The quantitative estimate of drug-likeness (QED) is 0.466. The summed E-state index contributed by atoms with van der Waals surface area (Å²) < 4.78 is 29.9. The summed E-state index contributed by atoms with van der Waals surface area (Å²) in [6.07, 6.45) is 4.96. The Hall–Kier alpha value is -4.15. The van der Waals surface area contributed by atoms with Crippen LogP contribution in [0.2, 0.25) is 0 Å². The van der Waals surface area contributed by atoms with Gasteiger partial charge < -0.3 is 10.3 Å². The zero-order valence-electron chi connectivity index (χ0n) is 20.8. The summed E-state index contributed by atoms with van der Waals surface area (Å²) in [5, 5.41) is 0. The van der Waals surface area contributed by atoms with E-state index in [2.05, 4.69) is 9.97 Å². The molecular formula is C26H28F2N6O3. The molecular weight excluding hydrogens is 482 g/mol. The van der Waals surface area contributed by atoms with Crippen molar-refractivity contribution in [2.24, 2.45) is 13.0 Å². The van der Waals surface area contributed by atoms with Gasteiger partial charge in [0.1, 0.15) is 23.5 Å². The van der Waals surface area contributed by atoms with E-state index >= 15 is 0 Å². The molecule has 1 fully saturated rings. The number of hydrogen-bond acceptors (Lipinski definition) is 6. The van der Waals surface area contributed by atoms with Gasteiger partial charge in [-0.3, -0.25) is 24.2 Å². The summed E-state index contributed by atoms with van der Waals surface area (Å²) in [5.74, 6) is -3.75. The Kier molecular flexibility index (Phi) is 7.33. The van der Waals surface area contributed by atoms with E-state index in [9.17, 15) is 23.2 Å². The second kappa shape index (κ2) is 10.5. The summed E-state index contributed by atoms with van der Waals surface area (Å²) in [6.45, 7) is 1.74. The van der Waals surface area contributed by atoms with Gasteiger partial charge in [0, 0.05) is 39.1 Å². The number of aryl methyl sites for hydroxylation is 1. The molecule has 0 spiro atoms. The van der Waals surface area contributed by atoms with Gasteiger partial charge in [-0.1, -0.05) is 6.92 Å². The van der Waals surface area contributed by atoms with E-state index in [0.717, 1.165) is 23.1 Å². The number of nitrogens with two attached hydrogens (primary N) is 1. The van der Waals surface area contributed by atoms with Crippen LogP contribution in [0.4, 0.5) is 20.5 Å². The molecule has 0 aliphatic carbocycles. The Balaban J connectivity index is 1.62. The molecule has 0 unspecified atom stereocenters. The van der Waals surface area contributed by atoms with E-state index in [4.69, 9.17) is 5.73 Å². The number of nitrogen functional groups attached to an aromatic ring is 1. The number of rotatable bonds is 8. The van der Waals surface area contributed by atoms with Crippen molar-refractivity contribution in [3.8, 4) is 0 Å². The molecule has 11 heteroatoms. The van der Waals surface area contributed by atoms with Crippen LogP contribution in [-0.2, 0) is 27.9 Å². The van der Waals surface area contributed by atoms with E-state index in [0.29, 0.717) is 17.9 Å². The van der Waals surface area contributed by atoms with Crippen LogP contribution >= 0.6 is 0 Å². The fourth-order valence-electron chi connectivity index (χ4n) is 4.77. The van der Waals surface area contributed by atoms with Crippen LogP contribution in [0.5, 0.6) is 0 Å². The molecule has 0 radical (unpaired) electrons. The molecule has 3 heterocycles. The Bertz CT molecular complexity index is 1340. The number of imidazole rings is 1. The molecule has 1 saturated heterocycles. The smallest absolute Gasteiger partial charge is 0.253 e. The second-order valence-electron chi connectivity index (χ2n) is 9.16. The maximum atomic E-state index is 14.4. The van der Waals surface area contributed by atoms with Crippen molar-refractivity contribution in [1.29, 1.82) is 0 Å². The maximum absolute atomic E-state index is 14.4. The number of halogens is 2. The highest BCUT2D eigenvalue weighted by Crippen LogP contribution is 2.35. The molecule has 0 bridgehead atoms. The molecule has 9 nitrogen and oxygen atoms in total. The van der Waals surface area contributed by atoms with Crippen molar-refractivity contribution in [3.63, 3.8) is 0 Å². The minimum Gasteiger partial charge on any atom is -0.384 e. The van der Waals surface area contributed by atoms with Gasteiger partial charge in [0.2, 0.25) is 17.8 Å². The van der Waals surface area contributed by atoms with Gasteiger partial charge in [-0.2, -0.15) is 0 Å². The number of nitrogens with zero attached hydrogens (tertiary/aromatic N) is 5. The van der Waals surface area contributed by atoms with E-state index in [1.165, 1.54) is 24.3 Å². The SMILES string of the molecule is CC[C@H](CC(=O)N1C(=O)[C@H](Cc2ccnc(N)c2)[C@H]1C(=O)N(C)c1nccn1C)c1cc(F)ccc1F. The highest BCUT2D eigenvalue weighted by molar-refractivity contribution is 6.12. The maximum Gasteiger partial charge on any atom is 0.253 e. The van der Waals surface area contributed by atoms with Crippen LogP contribution < -0.4 is 10.6 Å². The first-order chi connectivity index (χ1) is 17.6. The number of amides is 3. The number of hydrogen-bond donors (Lipinski definition) is 1. The van der Waals surface area contributed by atoms with Crippen molar-refractivity contribution in [2.45, 2.75) is 38.1 Å². The minimum atomic E-state index is -1.09. The average molecular weight is 511 g/mol. The number of carbonyl (C=O) groups is 3. The van der Waals surface area contributed by atoms with Crippen molar-refractivity contribution in [2.75, 3.05) is 17.7 Å². The van der Waals surface area contributed by atoms with Gasteiger partial charge in [0.15, 0.2) is 0 Å².